The van der Waals surface area contributed by atoms with E-state index in [1.807, 2.05) is 61.6 Å². The summed E-state index contributed by atoms with van der Waals surface area (Å²) in [6.07, 6.45) is 24.4. The zero-order valence-corrected chi connectivity index (χ0v) is 20.9. The SMILES string of the molecule is C=C\C=C/C(=C\C=C)C(=N/C)/c1cc(C(/C=C\C=C)=C(\C)C=C)n2c(/C=C\C=C)c(C=C)c(=C)c12. The zero-order valence-electron chi connectivity index (χ0n) is 20.9. The van der Waals surface area contributed by atoms with Crippen molar-refractivity contribution in [1.82, 2.24) is 4.40 Å². The van der Waals surface area contributed by atoms with E-state index >= 15 is 0 Å². The van der Waals surface area contributed by atoms with E-state index in [0.29, 0.717) is 0 Å². The molecule has 0 aromatic carbocycles. The average Bonchev–Trinajstić information content (AvgIpc) is 3.37. The monoisotopic (exact) mass is 458 g/mol. The standard InChI is InChI=1S/C33H34N2/c1-10-16-20-26(19-13-4)32(34-9)29-23-31(28(21-17-11-2)24(7)14-5)35-30(22-18-12-3)27(15-6)25(8)33(29)35/h10-23H,1-6,8H2,7,9H3/b20-16-,21-17-,22-18-,26-19+,28-24+,34-32-. The van der Waals surface area contributed by atoms with Crippen LogP contribution in [0.15, 0.2) is 129 Å². The van der Waals surface area contributed by atoms with Crippen molar-refractivity contribution in [2.75, 3.05) is 7.05 Å². The molecule has 2 aromatic heterocycles. The van der Waals surface area contributed by atoms with Gasteiger partial charge >= 0.3 is 0 Å². The number of nitrogens with zero attached hydrogens (tertiary/aromatic N) is 2. The first-order valence-electron chi connectivity index (χ1n) is 11.3. The smallest absolute Gasteiger partial charge is 0.0737 e. The van der Waals surface area contributed by atoms with Crippen molar-refractivity contribution in [3.05, 3.63) is 151 Å². The fourth-order valence-electron chi connectivity index (χ4n) is 4.00. The Morgan fingerprint density at radius 1 is 0.914 bits per heavy atom. The molecule has 0 aliphatic rings. The van der Waals surface area contributed by atoms with Crippen molar-refractivity contribution >= 4 is 35.5 Å². The molecule has 0 amide bonds. The first-order chi connectivity index (χ1) is 16.9. The lowest BCUT2D eigenvalue weighted by Gasteiger charge is -2.08. The Kier molecular flexibility index (Phi) is 9.74. The number of hydrogen-bond acceptors (Lipinski definition) is 1. The molecule has 0 radical (unpaired) electrons. The van der Waals surface area contributed by atoms with Crippen LogP contribution < -0.4 is 5.22 Å². The topological polar surface area (TPSA) is 16.8 Å². The maximum Gasteiger partial charge on any atom is 0.0737 e. The van der Waals surface area contributed by atoms with Gasteiger partial charge in [-0.05, 0) is 24.6 Å². The predicted molar refractivity (Wildman–Crippen MR) is 160 cm³/mol. The van der Waals surface area contributed by atoms with Gasteiger partial charge in [0.05, 0.1) is 22.6 Å². The van der Waals surface area contributed by atoms with Crippen LogP contribution in [0.2, 0.25) is 0 Å². The van der Waals surface area contributed by atoms with Gasteiger partial charge in [-0.2, -0.15) is 0 Å². The predicted octanol–water partition coefficient (Wildman–Crippen LogP) is 7.89. The van der Waals surface area contributed by atoms with Crippen LogP contribution in [0.25, 0.3) is 29.8 Å². The molecule has 2 rings (SSSR count). The fraction of sp³-hybridized carbons (Fsp3) is 0.0606. The lowest BCUT2D eigenvalue weighted by molar-refractivity contribution is 1.17. The number of hydrogen-bond donors (Lipinski definition) is 0. The molecule has 176 valence electrons. The molecule has 0 atom stereocenters. The van der Waals surface area contributed by atoms with E-state index in [1.165, 1.54) is 0 Å². The summed E-state index contributed by atoms with van der Waals surface area (Å²) in [5.41, 5.74) is 8.60. The Bertz CT molecular complexity index is 1410. The molecular weight excluding hydrogens is 424 g/mol. The highest BCUT2D eigenvalue weighted by Crippen LogP contribution is 2.31. The van der Waals surface area contributed by atoms with E-state index < -0.39 is 0 Å². The second-order valence-corrected chi connectivity index (χ2v) is 7.62. The summed E-state index contributed by atoms with van der Waals surface area (Å²) >= 11 is 0. The third-order valence-corrected chi connectivity index (χ3v) is 5.59. The van der Waals surface area contributed by atoms with E-state index in [1.54, 1.807) is 31.4 Å². The van der Waals surface area contributed by atoms with E-state index in [9.17, 15) is 0 Å². The molecule has 2 aromatic rings. The third kappa shape index (κ3) is 5.39. The van der Waals surface area contributed by atoms with E-state index in [2.05, 4.69) is 56.5 Å². The largest absolute Gasteiger partial charge is 0.308 e. The van der Waals surface area contributed by atoms with Gasteiger partial charge in [-0.3, -0.25) is 4.99 Å². The van der Waals surface area contributed by atoms with Crippen LogP contribution in [0.3, 0.4) is 0 Å². The Hall–Kier alpha value is -4.43. The van der Waals surface area contributed by atoms with Gasteiger partial charge in [-0.1, -0.05) is 119 Å². The number of fused-ring (bicyclic) bond motifs is 1. The van der Waals surface area contributed by atoms with Crippen LogP contribution >= 0.6 is 0 Å². The summed E-state index contributed by atoms with van der Waals surface area (Å²) < 4.78 is 2.21. The van der Waals surface area contributed by atoms with Crippen LogP contribution in [0.4, 0.5) is 0 Å². The van der Waals surface area contributed by atoms with Gasteiger partial charge in [0.25, 0.3) is 0 Å². The number of aromatic nitrogens is 1. The highest BCUT2D eigenvalue weighted by Gasteiger charge is 2.23. The minimum Gasteiger partial charge on any atom is -0.308 e. The van der Waals surface area contributed by atoms with Crippen molar-refractivity contribution in [2.45, 2.75) is 6.92 Å². The molecule has 2 nitrogen and oxygen atoms in total. The molecular formula is C33H34N2. The molecule has 0 spiro atoms. The molecule has 2 heteroatoms. The second-order valence-electron chi connectivity index (χ2n) is 7.62. The quantitative estimate of drug-likeness (QED) is 0.227. The molecule has 0 aliphatic carbocycles. The summed E-state index contributed by atoms with van der Waals surface area (Å²) in [5.74, 6) is 0. The third-order valence-electron chi connectivity index (χ3n) is 5.59. The van der Waals surface area contributed by atoms with Gasteiger partial charge in [0.1, 0.15) is 0 Å². The molecule has 0 fully saturated rings. The van der Waals surface area contributed by atoms with E-state index in [-0.39, 0.29) is 0 Å². The lowest BCUT2D eigenvalue weighted by Crippen LogP contribution is -2.08. The lowest BCUT2D eigenvalue weighted by atomic mass is 9.99. The molecule has 0 N–H and O–H groups in total. The highest BCUT2D eigenvalue weighted by molar-refractivity contribution is 6.19. The Morgan fingerprint density at radius 3 is 2.11 bits per heavy atom. The number of aliphatic imine (C=N–C) groups is 1. The Labute approximate surface area is 210 Å². The minimum atomic E-state index is 0.819. The van der Waals surface area contributed by atoms with Gasteiger partial charge in [-0.25, -0.2) is 0 Å². The molecule has 0 aliphatic heterocycles. The van der Waals surface area contributed by atoms with Crippen LogP contribution in [-0.4, -0.2) is 17.2 Å². The van der Waals surface area contributed by atoms with Crippen LogP contribution in [0.1, 0.15) is 29.4 Å². The van der Waals surface area contributed by atoms with Gasteiger partial charge in [0, 0.05) is 34.5 Å². The Morgan fingerprint density at radius 2 is 1.57 bits per heavy atom. The van der Waals surface area contributed by atoms with Gasteiger partial charge < -0.3 is 4.40 Å². The number of allylic oxidation sites excluding steroid dienone is 14. The molecule has 0 unspecified atom stereocenters. The zero-order chi connectivity index (χ0) is 26.0. The van der Waals surface area contributed by atoms with E-state index in [0.717, 1.165) is 55.7 Å². The second kappa shape index (κ2) is 12.7. The average molecular weight is 459 g/mol. The van der Waals surface area contributed by atoms with E-state index in [4.69, 9.17) is 4.99 Å². The first-order valence-corrected chi connectivity index (χ1v) is 11.3. The van der Waals surface area contributed by atoms with Gasteiger partial charge in [0.2, 0.25) is 0 Å². The molecule has 0 saturated carbocycles. The Balaban J connectivity index is 3.21. The van der Waals surface area contributed by atoms with Crippen molar-refractivity contribution in [3.8, 4) is 0 Å². The van der Waals surface area contributed by atoms with Crippen molar-refractivity contribution in [3.63, 3.8) is 0 Å². The first kappa shape index (κ1) is 26.8. The highest BCUT2D eigenvalue weighted by atomic mass is 14.9. The maximum absolute atomic E-state index is 4.69. The maximum atomic E-state index is 4.69. The molecule has 0 saturated heterocycles. The van der Waals surface area contributed by atoms with Crippen molar-refractivity contribution < 1.29 is 0 Å². The summed E-state index contributed by atoms with van der Waals surface area (Å²) in [5, 5.41) is 0.875. The summed E-state index contributed by atoms with van der Waals surface area (Å²) in [4.78, 5) is 4.69. The molecule has 35 heavy (non-hydrogen) atoms. The van der Waals surface area contributed by atoms with Gasteiger partial charge in [0.15, 0.2) is 0 Å². The summed E-state index contributed by atoms with van der Waals surface area (Å²) in [6, 6.07) is 2.15. The van der Waals surface area contributed by atoms with Crippen molar-refractivity contribution in [2.24, 2.45) is 4.99 Å². The summed E-state index contributed by atoms with van der Waals surface area (Å²) in [7, 11) is 1.79. The van der Waals surface area contributed by atoms with Crippen LogP contribution in [0.5, 0.6) is 0 Å². The molecule has 0 bridgehead atoms. The van der Waals surface area contributed by atoms with Crippen LogP contribution in [-0.2, 0) is 0 Å². The minimum absolute atomic E-state index is 0.819. The van der Waals surface area contributed by atoms with Crippen LogP contribution in [0, 0.1) is 0 Å². The summed E-state index contributed by atoms with van der Waals surface area (Å²) in [6.45, 7) is 29.9. The normalized spacial score (nSPS) is 13.5. The molecule has 2 heterocycles. The number of rotatable bonds is 12. The fourth-order valence-corrected chi connectivity index (χ4v) is 4.00. The van der Waals surface area contributed by atoms with Crippen molar-refractivity contribution in [1.29, 1.82) is 0 Å². The van der Waals surface area contributed by atoms with Gasteiger partial charge in [-0.15, -0.1) is 0 Å².